The summed E-state index contributed by atoms with van der Waals surface area (Å²) >= 11 is 0. The van der Waals surface area contributed by atoms with E-state index in [9.17, 15) is 0 Å². The van der Waals surface area contributed by atoms with Crippen LogP contribution in [0.1, 0.15) is 85.0 Å². The van der Waals surface area contributed by atoms with Gasteiger partial charge in [0.25, 0.3) is 0 Å². The van der Waals surface area contributed by atoms with Crippen LogP contribution in [-0.2, 0) is 9.47 Å². The Bertz CT molecular complexity index is 266. The van der Waals surface area contributed by atoms with Crippen molar-refractivity contribution < 1.29 is 9.47 Å². The Balaban J connectivity index is 2.26. The number of rotatable bonds is 14. The molecule has 0 N–H and O–H groups in total. The van der Waals surface area contributed by atoms with Crippen LogP contribution in [0.3, 0.4) is 0 Å². The molecule has 0 bridgehead atoms. The molecule has 1 unspecified atom stereocenters. The van der Waals surface area contributed by atoms with Gasteiger partial charge in [-0.25, -0.2) is 0 Å². The van der Waals surface area contributed by atoms with Crippen molar-refractivity contribution in [2.45, 2.75) is 90.6 Å². The summed E-state index contributed by atoms with van der Waals surface area (Å²) < 4.78 is 11.8. The highest BCUT2D eigenvalue weighted by molar-refractivity contribution is 4.76. The molecule has 0 spiro atoms. The van der Waals surface area contributed by atoms with E-state index in [1.54, 1.807) is 0 Å². The minimum atomic E-state index is 0.0909. The molecule has 0 aliphatic carbocycles. The first-order valence-electron chi connectivity index (χ1n) is 10.1. The van der Waals surface area contributed by atoms with Crippen molar-refractivity contribution in [3.8, 4) is 0 Å². The Hall–Kier alpha value is -0.120. The van der Waals surface area contributed by atoms with Crippen molar-refractivity contribution in [1.82, 2.24) is 4.90 Å². The Morgan fingerprint density at radius 3 is 2.09 bits per heavy atom. The molecule has 0 aromatic carbocycles. The predicted molar refractivity (Wildman–Crippen MR) is 99.1 cm³/mol. The maximum absolute atomic E-state index is 6.40. The molecule has 0 aromatic heterocycles. The SMILES string of the molecule is CCCCCCCC(C)(CCCCC)OCCN1CCOCC1. The molecular formula is C20H41NO2. The summed E-state index contributed by atoms with van der Waals surface area (Å²) in [7, 11) is 0. The second kappa shape index (κ2) is 13.2. The van der Waals surface area contributed by atoms with E-state index in [0.717, 1.165) is 39.5 Å². The molecule has 0 saturated carbocycles. The van der Waals surface area contributed by atoms with E-state index in [1.165, 1.54) is 64.2 Å². The summed E-state index contributed by atoms with van der Waals surface area (Å²) in [5, 5.41) is 0. The van der Waals surface area contributed by atoms with Crippen LogP contribution >= 0.6 is 0 Å². The maximum atomic E-state index is 6.40. The Morgan fingerprint density at radius 1 is 0.870 bits per heavy atom. The summed E-state index contributed by atoms with van der Waals surface area (Å²) in [6, 6.07) is 0. The number of hydrogen-bond donors (Lipinski definition) is 0. The molecule has 1 atom stereocenters. The summed E-state index contributed by atoms with van der Waals surface area (Å²) in [5.74, 6) is 0. The Kier molecular flexibility index (Phi) is 12.0. The van der Waals surface area contributed by atoms with Gasteiger partial charge in [-0.3, -0.25) is 4.90 Å². The summed E-state index contributed by atoms with van der Waals surface area (Å²) in [4.78, 5) is 2.47. The molecule has 3 nitrogen and oxygen atoms in total. The second-order valence-electron chi connectivity index (χ2n) is 7.37. The van der Waals surface area contributed by atoms with E-state index in [2.05, 4.69) is 25.7 Å². The van der Waals surface area contributed by atoms with Crippen LogP contribution in [0.4, 0.5) is 0 Å². The lowest BCUT2D eigenvalue weighted by atomic mass is 9.91. The van der Waals surface area contributed by atoms with E-state index >= 15 is 0 Å². The summed E-state index contributed by atoms with van der Waals surface area (Å²) in [5.41, 5.74) is 0.0909. The van der Waals surface area contributed by atoms with Crippen LogP contribution in [-0.4, -0.2) is 50.0 Å². The molecule has 0 aromatic rings. The monoisotopic (exact) mass is 327 g/mol. The van der Waals surface area contributed by atoms with E-state index in [1.807, 2.05) is 0 Å². The van der Waals surface area contributed by atoms with Gasteiger partial charge in [-0.1, -0.05) is 65.2 Å². The number of nitrogens with zero attached hydrogens (tertiary/aromatic N) is 1. The normalized spacial score (nSPS) is 18.9. The molecule has 1 saturated heterocycles. The fraction of sp³-hybridized carbons (Fsp3) is 1.00. The van der Waals surface area contributed by atoms with Gasteiger partial charge < -0.3 is 9.47 Å². The first-order valence-corrected chi connectivity index (χ1v) is 10.1. The predicted octanol–water partition coefficient (Wildman–Crippen LogP) is 5.03. The second-order valence-corrected chi connectivity index (χ2v) is 7.37. The Morgan fingerprint density at radius 2 is 1.43 bits per heavy atom. The van der Waals surface area contributed by atoms with Gasteiger partial charge in [0.2, 0.25) is 0 Å². The van der Waals surface area contributed by atoms with Gasteiger partial charge in [0.05, 0.1) is 25.4 Å². The first kappa shape index (κ1) is 20.9. The average molecular weight is 328 g/mol. The van der Waals surface area contributed by atoms with E-state index in [-0.39, 0.29) is 5.60 Å². The van der Waals surface area contributed by atoms with Crippen LogP contribution in [0.2, 0.25) is 0 Å². The molecule has 23 heavy (non-hydrogen) atoms. The third-order valence-electron chi connectivity index (χ3n) is 5.08. The topological polar surface area (TPSA) is 21.7 Å². The third-order valence-corrected chi connectivity index (χ3v) is 5.08. The zero-order valence-corrected chi connectivity index (χ0v) is 16.1. The van der Waals surface area contributed by atoms with Crippen LogP contribution in [0, 0.1) is 0 Å². The number of unbranched alkanes of at least 4 members (excludes halogenated alkanes) is 6. The molecule has 0 radical (unpaired) electrons. The first-order chi connectivity index (χ1) is 11.2. The van der Waals surface area contributed by atoms with Crippen molar-refractivity contribution in [2.75, 3.05) is 39.5 Å². The van der Waals surface area contributed by atoms with Crippen LogP contribution in [0.15, 0.2) is 0 Å². The standard InChI is InChI=1S/C20H41NO2/c1-4-6-8-9-11-13-20(3,12-10-7-5-2)23-19-16-21-14-17-22-18-15-21/h4-19H2,1-3H3. The van der Waals surface area contributed by atoms with Crippen molar-refractivity contribution in [3.05, 3.63) is 0 Å². The van der Waals surface area contributed by atoms with E-state index in [4.69, 9.17) is 9.47 Å². The molecule has 1 fully saturated rings. The van der Waals surface area contributed by atoms with Gasteiger partial charge in [0.15, 0.2) is 0 Å². The largest absolute Gasteiger partial charge is 0.379 e. The van der Waals surface area contributed by atoms with Crippen LogP contribution in [0.5, 0.6) is 0 Å². The lowest BCUT2D eigenvalue weighted by Gasteiger charge is -2.33. The Labute approximate surface area is 145 Å². The fourth-order valence-electron chi connectivity index (χ4n) is 3.37. The van der Waals surface area contributed by atoms with Crippen LogP contribution < -0.4 is 0 Å². The molecule has 1 aliphatic rings. The van der Waals surface area contributed by atoms with Crippen molar-refractivity contribution in [1.29, 1.82) is 0 Å². The fourth-order valence-corrected chi connectivity index (χ4v) is 3.37. The van der Waals surface area contributed by atoms with Gasteiger partial charge in [-0.05, 0) is 19.8 Å². The van der Waals surface area contributed by atoms with Crippen molar-refractivity contribution in [2.24, 2.45) is 0 Å². The lowest BCUT2D eigenvalue weighted by molar-refractivity contribution is -0.0608. The van der Waals surface area contributed by atoms with Crippen molar-refractivity contribution >= 4 is 0 Å². The quantitative estimate of drug-likeness (QED) is 0.417. The van der Waals surface area contributed by atoms with Crippen molar-refractivity contribution in [3.63, 3.8) is 0 Å². The molecule has 1 rings (SSSR count). The zero-order chi connectivity index (χ0) is 16.8. The maximum Gasteiger partial charge on any atom is 0.0655 e. The minimum Gasteiger partial charge on any atom is -0.379 e. The summed E-state index contributed by atoms with van der Waals surface area (Å²) in [6.07, 6.45) is 13.1. The third kappa shape index (κ3) is 10.4. The van der Waals surface area contributed by atoms with Gasteiger partial charge in [0.1, 0.15) is 0 Å². The number of hydrogen-bond acceptors (Lipinski definition) is 3. The molecule has 0 amide bonds. The molecule has 138 valence electrons. The van der Waals surface area contributed by atoms with Gasteiger partial charge in [0, 0.05) is 19.6 Å². The average Bonchev–Trinajstić information content (AvgIpc) is 2.56. The van der Waals surface area contributed by atoms with Gasteiger partial charge in [-0.15, -0.1) is 0 Å². The van der Waals surface area contributed by atoms with Gasteiger partial charge in [-0.2, -0.15) is 0 Å². The smallest absolute Gasteiger partial charge is 0.0655 e. The minimum absolute atomic E-state index is 0.0909. The van der Waals surface area contributed by atoms with Crippen LogP contribution in [0.25, 0.3) is 0 Å². The molecule has 1 aliphatic heterocycles. The highest BCUT2D eigenvalue weighted by Crippen LogP contribution is 2.26. The zero-order valence-electron chi connectivity index (χ0n) is 16.1. The number of morpholine rings is 1. The lowest BCUT2D eigenvalue weighted by Crippen LogP contribution is -2.40. The van der Waals surface area contributed by atoms with E-state index in [0.29, 0.717) is 0 Å². The highest BCUT2D eigenvalue weighted by Gasteiger charge is 2.24. The molecule has 1 heterocycles. The van der Waals surface area contributed by atoms with E-state index < -0.39 is 0 Å². The molecule has 3 heteroatoms. The summed E-state index contributed by atoms with van der Waals surface area (Å²) in [6.45, 7) is 12.7. The highest BCUT2D eigenvalue weighted by atomic mass is 16.5. The van der Waals surface area contributed by atoms with Gasteiger partial charge >= 0.3 is 0 Å². The molecular weight excluding hydrogens is 286 g/mol. The number of ether oxygens (including phenoxy) is 2.